The van der Waals surface area contributed by atoms with E-state index in [9.17, 15) is 4.79 Å². The summed E-state index contributed by atoms with van der Waals surface area (Å²) in [5.74, 6) is 1.05. The number of hydrogen-bond acceptors (Lipinski definition) is 4. The minimum atomic E-state index is -0.0323. The molecule has 2 aromatic rings. The summed E-state index contributed by atoms with van der Waals surface area (Å²) >= 11 is 6.04. The van der Waals surface area contributed by atoms with Crippen molar-refractivity contribution in [2.75, 3.05) is 18.4 Å². The Hall–Kier alpha value is -2.14. The Kier molecular flexibility index (Phi) is 5.00. The van der Waals surface area contributed by atoms with Gasteiger partial charge in [-0.3, -0.25) is 4.79 Å². The van der Waals surface area contributed by atoms with Crippen LogP contribution in [0.3, 0.4) is 0 Å². The highest BCUT2D eigenvalue weighted by Gasteiger charge is 2.22. The number of benzene rings is 1. The van der Waals surface area contributed by atoms with Crippen molar-refractivity contribution in [3.05, 3.63) is 46.7 Å². The van der Waals surface area contributed by atoms with Crippen LogP contribution in [0.5, 0.6) is 0 Å². The SMILES string of the molecule is Cc1ccc(Cl)cc1Nc1nccc(C(=O)N2CCC(C)CC2)n1. The first kappa shape index (κ1) is 16.7. The second-order valence-corrected chi connectivity index (χ2v) is 6.76. The van der Waals surface area contributed by atoms with Crippen molar-refractivity contribution >= 4 is 29.1 Å². The second kappa shape index (κ2) is 7.18. The monoisotopic (exact) mass is 344 g/mol. The Morgan fingerprint density at radius 3 is 2.79 bits per heavy atom. The predicted molar refractivity (Wildman–Crippen MR) is 95.8 cm³/mol. The van der Waals surface area contributed by atoms with Gasteiger partial charge >= 0.3 is 0 Å². The highest BCUT2D eigenvalue weighted by atomic mass is 35.5. The van der Waals surface area contributed by atoms with Crippen LogP contribution in [0.1, 0.15) is 35.8 Å². The van der Waals surface area contributed by atoms with Gasteiger partial charge in [0, 0.05) is 30.0 Å². The van der Waals surface area contributed by atoms with E-state index in [4.69, 9.17) is 11.6 Å². The van der Waals surface area contributed by atoms with Crippen molar-refractivity contribution in [1.82, 2.24) is 14.9 Å². The Bertz CT molecular complexity index is 742. The molecule has 1 aromatic carbocycles. The molecule has 0 saturated carbocycles. The van der Waals surface area contributed by atoms with Gasteiger partial charge in [-0.15, -0.1) is 0 Å². The summed E-state index contributed by atoms with van der Waals surface area (Å²) in [6, 6.07) is 7.24. The summed E-state index contributed by atoms with van der Waals surface area (Å²) < 4.78 is 0. The summed E-state index contributed by atoms with van der Waals surface area (Å²) in [6.07, 6.45) is 3.70. The summed E-state index contributed by atoms with van der Waals surface area (Å²) in [6.45, 7) is 5.78. The Morgan fingerprint density at radius 2 is 2.04 bits per heavy atom. The fraction of sp³-hybridized carbons (Fsp3) is 0.389. The minimum absolute atomic E-state index is 0.0323. The number of rotatable bonds is 3. The van der Waals surface area contributed by atoms with E-state index in [1.807, 2.05) is 30.0 Å². The molecule has 0 unspecified atom stereocenters. The van der Waals surface area contributed by atoms with Crippen LogP contribution < -0.4 is 5.32 Å². The first-order valence-corrected chi connectivity index (χ1v) is 8.56. The molecule has 0 bridgehead atoms. The normalized spacial score (nSPS) is 15.4. The highest BCUT2D eigenvalue weighted by Crippen LogP contribution is 2.23. The molecule has 1 aliphatic heterocycles. The number of nitrogens with one attached hydrogen (secondary N) is 1. The standard InChI is InChI=1S/C18H21ClN4O/c1-12-6-9-23(10-7-12)17(24)15-5-8-20-18(21-15)22-16-11-14(19)4-3-13(16)2/h3-5,8,11-12H,6-7,9-10H2,1-2H3,(H,20,21,22). The zero-order chi connectivity index (χ0) is 17.1. The van der Waals surface area contributed by atoms with Gasteiger partial charge in [0.1, 0.15) is 5.69 Å². The van der Waals surface area contributed by atoms with Gasteiger partial charge < -0.3 is 10.2 Å². The topological polar surface area (TPSA) is 58.1 Å². The Morgan fingerprint density at radius 1 is 1.29 bits per heavy atom. The number of anilines is 2. The largest absolute Gasteiger partial charge is 0.337 e. The van der Waals surface area contributed by atoms with Crippen LogP contribution in [0.2, 0.25) is 5.02 Å². The Balaban J connectivity index is 1.76. The molecule has 1 aromatic heterocycles. The third-order valence-electron chi connectivity index (χ3n) is 4.39. The number of nitrogens with zero attached hydrogens (tertiary/aromatic N) is 3. The fourth-order valence-electron chi connectivity index (χ4n) is 2.76. The van der Waals surface area contributed by atoms with E-state index < -0.39 is 0 Å². The molecule has 2 heterocycles. The Labute approximate surface area is 147 Å². The molecule has 1 N–H and O–H groups in total. The maximum atomic E-state index is 12.6. The van der Waals surface area contributed by atoms with Crippen LogP contribution in [0.15, 0.2) is 30.5 Å². The molecular formula is C18H21ClN4O. The van der Waals surface area contributed by atoms with Crippen molar-refractivity contribution in [1.29, 1.82) is 0 Å². The zero-order valence-corrected chi connectivity index (χ0v) is 14.7. The van der Waals surface area contributed by atoms with E-state index in [0.29, 0.717) is 22.6 Å². The van der Waals surface area contributed by atoms with E-state index in [1.54, 1.807) is 12.3 Å². The maximum absolute atomic E-state index is 12.6. The van der Waals surface area contributed by atoms with Crippen LogP contribution >= 0.6 is 11.6 Å². The molecule has 0 spiro atoms. The van der Waals surface area contributed by atoms with Gasteiger partial charge in [0.2, 0.25) is 5.95 Å². The van der Waals surface area contributed by atoms with E-state index >= 15 is 0 Å². The number of carbonyl (C=O) groups excluding carboxylic acids is 1. The number of halogens is 1. The maximum Gasteiger partial charge on any atom is 0.272 e. The average molecular weight is 345 g/mol. The van der Waals surface area contributed by atoms with Crippen LogP contribution in [0, 0.1) is 12.8 Å². The molecule has 1 fully saturated rings. The third-order valence-corrected chi connectivity index (χ3v) is 4.63. The molecule has 6 heteroatoms. The lowest BCUT2D eigenvalue weighted by Crippen LogP contribution is -2.38. The molecule has 3 rings (SSSR count). The highest BCUT2D eigenvalue weighted by molar-refractivity contribution is 6.30. The van der Waals surface area contributed by atoms with E-state index in [2.05, 4.69) is 22.2 Å². The van der Waals surface area contributed by atoms with Gasteiger partial charge in [-0.25, -0.2) is 9.97 Å². The lowest BCUT2D eigenvalue weighted by molar-refractivity contribution is 0.0691. The molecule has 1 aliphatic rings. The number of hydrogen-bond donors (Lipinski definition) is 1. The van der Waals surface area contributed by atoms with Crippen molar-refractivity contribution in [3.63, 3.8) is 0 Å². The van der Waals surface area contributed by atoms with Crippen molar-refractivity contribution in [2.45, 2.75) is 26.7 Å². The number of aromatic nitrogens is 2. The van der Waals surface area contributed by atoms with Crippen molar-refractivity contribution < 1.29 is 4.79 Å². The third kappa shape index (κ3) is 3.85. The number of piperidine rings is 1. The molecule has 0 atom stereocenters. The molecular weight excluding hydrogens is 324 g/mol. The van der Waals surface area contributed by atoms with Crippen LogP contribution in [0.25, 0.3) is 0 Å². The minimum Gasteiger partial charge on any atom is -0.337 e. The van der Waals surface area contributed by atoms with Gasteiger partial charge in [-0.05, 0) is 49.4 Å². The molecule has 5 nitrogen and oxygen atoms in total. The quantitative estimate of drug-likeness (QED) is 0.912. The molecule has 0 aliphatic carbocycles. The smallest absolute Gasteiger partial charge is 0.272 e. The average Bonchev–Trinajstić information content (AvgIpc) is 2.58. The first-order chi connectivity index (χ1) is 11.5. The zero-order valence-electron chi connectivity index (χ0n) is 13.9. The molecule has 1 amide bonds. The molecule has 126 valence electrons. The van der Waals surface area contributed by atoms with Gasteiger partial charge in [0.15, 0.2) is 0 Å². The summed E-state index contributed by atoms with van der Waals surface area (Å²) in [7, 11) is 0. The second-order valence-electron chi connectivity index (χ2n) is 6.32. The lowest BCUT2D eigenvalue weighted by atomic mass is 9.99. The lowest BCUT2D eigenvalue weighted by Gasteiger charge is -2.30. The van der Waals surface area contributed by atoms with E-state index in [-0.39, 0.29) is 5.91 Å². The first-order valence-electron chi connectivity index (χ1n) is 8.18. The van der Waals surface area contributed by atoms with Crippen molar-refractivity contribution in [2.24, 2.45) is 5.92 Å². The summed E-state index contributed by atoms with van der Waals surface area (Å²) in [5, 5.41) is 3.78. The van der Waals surface area contributed by atoms with Gasteiger partial charge in [-0.2, -0.15) is 0 Å². The van der Waals surface area contributed by atoms with Crippen LogP contribution in [0.4, 0.5) is 11.6 Å². The molecule has 1 saturated heterocycles. The number of carbonyl (C=O) groups is 1. The van der Waals surface area contributed by atoms with E-state index in [0.717, 1.165) is 37.2 Å². The molecule has 24 heavy (non-hydrogen) atoms. The van der Waals surface area contributed by atoms with Gasteiger partial charge in [0.05, 0.1) is 0 Å². The molecule has 0 radical (unpaired) electrons. The van der Waals surface area contributed by atoms with E-state index in [1.165, 1.54) is 0 Å². The summed E-state index contributed by atoms with van der Waals surface area (Å²) in [4.78, 5) is 23.1. The van der Waals surface area contributed by atoms with Crippen LogP contribution in [-0.4, -0.2) is 33.9 Å². The fourth-order valence-corrected chi connectivity index (χ4v) is 2.93. The summed E-state index contributed by atoms with van der Waals surface area (Å²) in [5.41, 5.74) is 2.28. The number of aryl methyl sites for hydroxylation is 1. The van der Waals surface area contributed by atoms with Crippen molar-refractivity contribution in [3.8, 4) is 0 Å². The van der Waals surface area contributed by atoms with Crippen LogP contribution in [-0.2, 0) is 0 Å². The predicted octanol–water partition coefficient (Wildman–Crippen LogP) is 4.05. The van der Waals surface area contributed by atoms with Gasteiger partial charge in [0.25, 0.3) is 5.91 Å². The number of amides is 1. The number of likely N-dealkylation sites (tertiary alicyclic amines) is 1. The van der Waals surface area contributed by atoms with Gasteiger partial charge in [-0.1, -0.05) is 24.6 Å².